The van der Waals surface area contributed by atoms with Crippen molar-refractivity contribution in [1.82, 2.24) is 0 Å². The van der Waals surface area contributed by atoms with Gasteiger partial charge < -0.3 is 0 Å². The maximum atomic E-state index is 11.5. The number of hydrogen-bond acceptors (Lipinski definition) is 2. The first-order valence-electron chi connectivity index (χ1n) is 4.65. The lowest BCUT2D eigenvalue weighted by molar-refractivity contribution is -0.119. The van der Waals surface area contributed by atoms with Crippen molar-refractivity contribution in [2.24, 2.45) is 0 Å². The van der Waals surface area contributed by atoms with E-state index in [0.717, 1.165) is 25.7 Å². The van der Waals surface area contributed by atoms with Crippen LogP contribution in [0.2, 0.25) is 0 Å². The quantitative estimate of drug-likeness (QED) is 0.675. The summed E-state index contributed by atoms with van der Waals surface area (Å²) >= 11 is 0. The van der Waals surface area contributed by atoms with E-state index in [-0.39, 0.29) is 11.0 Å². The smallest absolute Gasteiger partial charge is 0.148 e. The Morgan fingerprint density at radius 3 is 2.83 bits per heavy atom. The van der Waals surface area contributed by atoms with E-state index in [9.17, 15) is 9.00 Å². The molecule has 1 fully saturated rings. The van der Waals surface area contributed by atoms with Crippen molar-refractivity contribution in [3.63, 3.8) is 0 Å². The van der Waals surface area contributed by atoms with E-state index in [2.05, 4.69) is 0 Å². The summed E-state index contributed by atoms with van der Waals surface area (Å²) in [6.07, 6.45) is 4.49. The van der Waals surface area contributed by atoms with Gasteiger partial charge in [-0.05, 0) is 19.3 Å². The van der Waals surface area contributed by atoms with Crippen molar-refractivity contribution in [2.45, 2.75) is 44.3 Å². The fourth-order valence-electron chi connectivity index (χ4n) is 1.57. The molecule has 1 aliphatic carbocycles. The van der Waals surface area contributed by atoms with Gasteiger partial charge in [0.25, 0.3) is 0 Å². The van der Waals surface area contributed by atoms with Crippen molar-refractivity contribution in [2.75, 3.05) is 5.75 Å². The molecule has 2 unspecified atom stereocenters. The molecule has 3 heteroatoms. The molecule has 2 atom stereocenters. The number of hydrogen-bond donors (Lipinski definition) is 0. The molecule has 0 aromatic rings. The molecule has 0 aromatic carbocycles. The van der Waals surface area contributed by atoms with Gasteiger partial charge >= 0.3 is 0 Å². The van der Waals surface area contributed by atoms with E-state index in [1.54, 1.807) is 0 Å². The SMILES string of the molecule is CCCS(=O)C1CCCCC1=O. The third-order valence-corrected chi connectivity index (χ3v) is 4.17. The van der Waals surface area contributed by atoms with Crippen LogP contribution in [0, 0.1) is 0 Å². The standard InChI is InChI=1S/C9H16O2S/c1-2-7-12(11)9-6-4-3-5-8(9)10/h9H,2-7H2,1H3. The van der Waals surface area contributed by atoms with Gasteiger partial charge in [-0.1, -0.05) is 13.3 Å². The molecule has 0 bridgehead atoms. The monoisotopic (exact) mass is 188 g/mol. The van der Waals surface area contributed by atoms with Gasteiger partial charge in [0.2, 0.25) is 0 Å². The Hall–Kier alpha value is -0.180. The largest absolute Gasteiger partial charge is 0.298 e. The van der Waals surface area contributed by atoms with E-state index in [0.29, 0.717) is 12.2 Å². The van der Waals surface area contributed by atoms with Crippen molar-refractivity contribution >= 4 is 16.6 Å². The second kappa shape index (κ2) is 4.75. The summed E-state index contributed by atoms with van der Waals surface area (Å²) in [5, 5.41) is -0.126. The first-order chi connectivity index (χ1) is 5.75. The molecule has 0 amide bonds. The van der Waals surface area contributed by atoms with Crippen LogP contribution >= 0.6 is 0 Å². The maximum Gasteiger partial charge on any atom is 0.148 e. The van der Waals surface area contributed by atoms with Crippen LogP contribution in [0.4, 0.5) is 0 Å². The molecule has 2 nitrogen and oxygen atoms in total. The lowest BCUT2D eigenvalue weighted by Crippen LogP contribution is -2.30. The summed E-state index contributed by atoms with van der Waals surface area (Å²) in [6, 6.07) is 0. The Labute approximate surface area is 76.2 Å². The third-order valence-electron chi connectivity index (χ3n) is 2.22. The van der Waals surface area contributed by atoms with Gasteiger partial charge in [-0.15, -0.1) is 0 Å². The summed E-state index contributed by atoms with van der Waals surface area (Å²) < 4.78 is 11.5. The lowest BCUT2D eigenvalue weighted by Gasteiger charge is -2.19. The highest BCUT2D eigenvalue weighted by atomic mass is 32.2. The van der Waals surface area contributed by atoms with E-state index in [1.165, 1.54) is 0 Å². The topological polar surface area (TPSA) is 34.1 Å². The zero-order valence-corrected chi connectivity index (χ0v) is 8.36. The van der Waals surface area contributed by atoms with Gasteiger partial charge in [0.05, 0.1) is 5.25 Å². The van der Waals surface area contributed by atoms with Gasteiger partial charge in [0, 0.05) is 23.0 Å². The molecule has 0 radical (unpaired) electrons. The molecule has 0 aliphatic heterocycles. The molecule has 0 heterocycles. The average Bonchev–Trinajstić information content (AvgIpc) is 2.05. The lowest BCUT2D eigenvalue weighted by atomic mass is 9.99. The summed E-state index contributed by atoms with van der Waals surface area (Å²) in [7, 11) is -0.886. The Bertz CT molecular complexity index is 189. The third kappa shape index (κ3) is 2.41. The van der Waals surface area contributed by atoms with Gasteiger partial charge in [-0.2, -0.15) is 0 Å². The van der Waals surface area contributed by atoms with Gasteiger partial charge in [-0.3, -0.25) is 9.00 Å². The van der Waals surface area contributed by atoms with Crippen LogP contribution in [0.1, 0.15) is 39.0 Å². The van der Waals surface area contributed by atoms with Crippen LogP contribution in [-0.4, -0.2) is 21.0 Å². The fraction of sp³-hybridized carbons (Fsp3) is 0.889. The highest BCUT2D eigenvalue weighted by Gasteiger charge is 2.26. The van der Waals surface area contributed by atoms with Gasteiger partial charge in [0.1, 0.15) is 5.78 Å². The van der Waals surface area contributed by atoms with Crippen LogP contribution in [0.25, 0.3) is 0 Å². The molecule has 0 aromatic heterocycles. The second-order valence-corrected chi connectivity index (χ2v) is 5.02. The summed E-state index contributed by atoms with van der Waals surface area (Å²) in [5.74, 6) is 0.921. The van der Waals surface area contributed by atoms with Crippen molar-refractivity contribution < 1.29 is 9.00 Å². The molecule has 0 N–H and O–H groups in total. The molecule has 1 aliphatic rings. The van der Waals surface area contributed by atoms with Crippen LogP contribution in [0.5, 0.6) is 0 Å². The minimum Gasteiger partial charge on any atom is -0.298 e. The van der Waals surface area contributed by atoms with E-state index < -0.39 is 10.8 Å². The van der Waals surface area contributed by atoms with Crippen LogP contribution in [-0.2, 0) is 15.6 Å². The Morgan fingerprint density at radius 1 is 1.50 bits per heavy atom. The molecule has 70 valence electrons. The molecule has 0 saturated heterocycles. The van der Waals surface area contributed by atoms with Crippen molar-refractivity contribution in [1.29, 1.82) is 0 Å². The second-order valence-electron chi connectivity index (χ2n) is 3.29. The number of carbonyl (C=O) groups excluding carboxylic acids is 1. The first-order valence-corrected chi connectivity index (χ1v) is 6.03. The van der Waals surface area contributed by atoms with Crippen molar-refractivity contribution in [3.05, 3.63) is 0 Å². The van der Waals surface area contributed by atoms with Crippen LogP contribution in [0.3, 0.4) is 0 Å². The summed E-state index contributed by atoms with van der Waals surface area (Å²) in [6.45, 7) is 2.01. The fourth-order valence-corrected chi connectivity index (χ4v) is 3.10. The Morgan fingerprint density at radius 2 is 2.25 bits per heavy atom. The summed E-state index contributed by atoms with van der Waals surface area (Å²) in [5.41, 5.74) is 0. The van der Waals surface area contributed by atoms with E-state index in [1.807, 2.05) is 6.92 Å². The average molecular weight is 188 g/mol. The predicted octanol–water partition coefficient (Wildman–Crippen LogP) is 1.66. The summed E-state index contributed by atoms with van der Waals surface area (Å²) in [4.78, 5) is 11.3. The van der Waals surface area contributed by atoms with Crippen LogP contribution in [0.15, 0.2) is 0 Å². The molecule has 12 heavy (non-hydrogen) atoms. The highest BCUT2D eigenvalue weighted by Crippen LogP contribution is 2.19. The number of carbonyl (C=O) groups is 1. The minimum absolute atomic E-state index is 0.126. The Balaban J connectivity index is 2.48. The Kier molecular flexibility index (Phi) is 3.92. The number of rotatable bonds is 3. The van der Waals surface area contributed by atoms with Crippen LogP contribution < -0.4 is 0 Å². The van der Waals surface area contributed by atoms with E-state index in [4.69, 9.17) is 0 Å². The molecular formula is C9H16O2S. The zero-order valence-electron chi connectivity index (χ0n) is 7.54. The van der Waals surface area contributed by atoms with E-state index >= 15 is 0 Å². The minimum atomic E-state index is -0.886. The first kappa shape index (κ1) is 9.90. The molecule has 1 saturated carbocycles. The predicted molar refractivity (Wildman–Crippen MR) is 50.6 cm³/mol. The zero-order chi connectivity index (χ0) is 8.97. The molecule has 1 rings (SSSR count). The van der Waals surface area contributed by atoms with Gasteiger partial charge in [-0.25, -0.2) is 0 Å². The number of ketones is 1. The number of Topliss-reactive ketones (excluding diaryl/α,β-unsaturated/α-hetero) is 1. The highest BCUT2D eigenvalue weighted by molar-refractivity contribution is 7.86. The van der Waals surface area contributed by atoms with Gasteiger partial charge in [0.15, 0.2) is 0 Å². The van der Waals surface area contributed by atoms with Crippen molar-refractivity contribution in [3.8, 4) is 0 Å². The molecule has 0 spiro atoms. The maximum absolute atomic E-state index is 11.5. The normalized spacial score (nSPS) is 27.1. The molecular weight excluding hydrogens is 172 g/mol.